The minimum absolute atomic E-state index is 0.185. The number of benzene rings is 1. The highest BCUT2D eigenvalue weighted by atomic mass is 19.1. The zero-order valence-corrected chi connectivity index (χ0v) is 11.0. The van der Waals surface area contributed by atoms with Crippen molar-refractivity contribution in [3.05, 3.63) is 58.8 Å². The Hall–Kier alpha value is -1.61. The molecule has 0 aliphatic carbocycles. The van der Waals surface area contributed by atoms with Crippen molar-refractivity contribution >= 4 is 0 Å². The standard InChI is InChI=1S/C15H18FNO/c1-4-17-15(13-6-5-7-18-13)14-11(3)8-10(2)9-12(14)16/h5-9,15,17H,4H2,1-3H3. The number of hydrogen-bond acceptors (Lipinski definition) is 2. The first-order valence-electron chi connectivity index (χ1n) is 6.17. The smallest absolute Gasteiger partial charge is 0.128 e. The van der Waals surface area contributed by atoms with Crippen LogP contribution in [0, 0.1) is 19.7 Å². The maximum atomic E-state index is 14.2. The second-order valence-corrected chi connectivity index (χ2v) is 4.48. The minimum atomic E-state index is -0.231. The van der Waals surface area contributed by atoms with Gasteiger partial charge < -0.3 is 9.73 Å². The molecule has 0 radical (unpaired) electrons. The van der Waals surface area contributed by atoms with E-state index >= 15 is 0 Å². The molecule has 96 valence electrons. The van der Waals surface area contributed by atoms with Crippen LogP contribution < -0.4 is 5.32 Å². The predicted octanol–water partition coefficient (Wildman–Crippen LogP) is 3.73. The van der Waals surface area contributed by atoms with Crippen molar-refractivity contribution < 1.29 is 8.81 Å². The number of rotatable bonds is 4. The van der Waals surface area contributed by atoms with Crippen LogP contribution in [0.2, 0.25) is 0 Å². The van der Waals surface area contributed by atoms with Crippen LogP contribution in [0.4, 0.5) is 4.39 Å². The lowest BCUT2D eigenvalue weighted by atomic mass is 9.96. The van der Waals surface area contributed by atoms with E-state index in [4.69, 9.17) is 4.42 Å². The van der Waals surface area contributed by atoms with Crippen molar-refractivity contribution in [2.45, 2.75) is 26.8 Å². The monoisotopic (exact) mass is 247 g/mol. The lowest BCUT2D eigenvalue weighted by Gasteiger charge is -2.19. The quantitative estimate of drug-likeness (QED) is 0.890. The van der Waals surface area contributed by atoms with Gasteiger partial charge in [-0.15, -0.1) is 0 Å². The molecule has 2 rings (SSSR count). The van der Waals surface area contributed by atoms with Gasteiger partial charge in [-0.1, -0.05) is 13.0 Å². The average molecular weight is 247 g/mol. The first-order chi connectivity index (χ1) is 8.63. The van der Waals surface area contributed by atoms with Gasteiger partial charge in [-0.3, -0.25) is 0 Å². The maximum absolute atomic E-state index is 14.2. The van der Waals surface area contributed by atoms with Gasteiger partial charge in [0.25, 0.3) is 0 Å². The highest BCUT2D eigenvalue weighted by Crippen LogP contribution is 2.28. The summed E-state index contributed by atoms with van der Waals surface area (Å²) in [4.78, 5) is 0. The maximum Gasteiger partial charge on any atom is 0.128 e. The Bertz CT molecular complexity index is 496. The number of nitrogens with one attached hydrogen (secondary N) is 1. The zero-order valence-electron chi connectivity index (χ0n) is 11.0. The van der Waals surface area contributed by atoms with Gasteiger partial charge in [-0.2, -0.15) is 0 Å². The van der Waals surface area contributed by atoms with E-state index < -0.39 is 0 Å². The summed E-state index contributed by atoms with van der Waals surface area (Å²) < 4.78 is 19.6. The van der Waals surface area contributed by atoms with E-state index in [0.29, 0.717) is 5.56 Å². The highest BCUT2D eigenvalue weighted by Gasteiger charge is 2.21. The topological polar surface area (TPSA) is 25.2 Å². The van der Waals surface area contributed by atoms with Gasteiger partial charge in [0.05, 0.1) is 12.3 Å². The Morgan fingerprint density at radius 1 is 1.33 bits per heavy atom. The molecule has 1 unspecified atom stereocenters. The van der Waals surface area contributed by atoms with Crippen LogP contribution in [0.5, 0.6) is 0 Å². The summed E-state index contributed by atoms with van der Waals surface area (Å²) in [5.41, 5.74) is 2.54. The third-order valence-electron chi connectivity index (χ3n) is 3.01. The van der Waals surface area contributed by atoms with Gasteiger partial charge in [-0.25, -0.2) is 4.39 Å². The lowest BCUT2D eigenvalue weighted by molar-refractivity contribution is 0.440. The van der Waals surface area contributed by atoms with Gasteiger partial charge in [0.15, 0.2) is 0 Å². The van der Waals surface area contributed by atoms with E-state index in [1.54, 1.807) is 12.3 Å². The first-order valence-corrected chi connectivity index (χ1v) is 6.17. The van der Waals surface area contributed by atoms with E-state index in [1.807, 2.05) is 39.0 Å². The Morgan fingerprint density at radius 2 is 2.11 bits per heavy atom. The molecular weight excluding hydrogens is 229 g/mol. The molecule has 0 spiro atoms. The van der Waals surface area contributed by atoms with Crippen LogP contribution in [0.25, 0.3) is 0 Å². The summed E-state index contributed by atoms with van der Waals surface area (Å²) in [6, 6.07) is 7.01. The Balaban J connectivity index is 2.49. The molecular formula is C15H18FNO. The van der Waals surface area contributed by atoms with Crippen LogP contribution in [0.3, 0.4) is 0 Å². The van der Waals surface area contributed by atoms with Crippen molar-refractivity contribution in [3.8, 4) is 0 Å². The molecule has 1 atom stereocenters. The van der Waals surface area contributed by atoms with Crippen molar-refractivity contribution in [2.24, 2.45) is 0 Å². The molecule has 0 saturated carbocycles. The largest absolute Gasteiger partial charge is 0.467 e. The summed E-state index contributed by atoms with van der Waals surface area (Å²) in [6.45, 7) is 6.57. The van der Waals surface area contributed by atoms with Crippen LogP contribution in [-0.4, -0.2) is 6.54 Å². The molecule has 18 heavy (non-hydrogen) atoms. The summed E-state index contributed by atoms with van der Waals surface area (Å²) in [7, 11) is 0. The van der Waals surface area contributed by atoms with Gasteiger partial charge in [-0.05, 0) is 49.7 Å². The van der Waals surface area contributed by atoms with E-state index in [1.165, 1.54) is 0 Å². The van der Waals surface area contributed by atoms with Crippen molar-refractivity contribution in [2.75, 3.05) is 6.54 Å². The summed E-state index contributed by atoms with van der Waals surface area (Å²) in [6.07, 6.45) is 1.61. The fourth-order valence-electron chi connectivity index (χ4n) is 2.30. The number of furan rings is 1. The van der Waals surface area contributed by atoms with Gasteiger partial charge in [0.2, 0.25) is 0 Å². The van der Waals surface area contributed by atoms with Crippen LogP contribution in [0.1, 0.15) is 35.4 Å². The van der Waals surface area contributed by atoms with Crippen LogP contribution in [0.15, 0.2) is 34.9 Å². The van der Waals surface area contributed by atoms with Gasteiger partial charge >= 0.3 is 0 Å². The molecule has 1 N–H and O–H groups in total. The molecule has 2 nitrogen and oxygen atoms in total. The first kappa shape index (κ1) is 12.8. The van der Waals surface area contributed by atoms with E-state index in [0.717, 1.165) is 23.4 Å². The van der Waals surface area contributed by atoms with Gasteiger partial charge in [0.1, 0.15) is 11.6 Å². The molecule has 0 fully saturated rings. The third kappa shape index (κ3) is 2.46. The molecule has 0 bridgehead atoms. The molecule has 1 aromatic heterocycles. The van der Waals surface area contributed by atoms with E-state index in [-0.39, 0.29) is 11.9 Å². The molecule has 0 aliphatic rings. The predicted molar refractivity (Wildman–Crippen MR) is 70.1 cm³/mol. The number of hydrogen-bond donors (Lipinski definition) is 1. The fourth-order valence-corrected chi connectivity index (χ4v) is 2.30. The second-order valence-electron chi connectivity index (χ2n) is 4.48. The molecule has 0 amide bonds. The van der Waals surface area contributed by atoms with Crippen molar-refractivity contribution in [3.63, 3.8) is 0 Å². The Labute approximate surface area is 107 Å². The molecule has 1 heterocycles. The normalized spacial score (nSPS) is 12.7. The second kappa shape index (κ2) is 5.36. The fraction of sp³-hybridized carbons (Fsp3) is 0.333. The van der Waals surface area contributed by atoms with E-state index in [9.17, 15) is 4.39 Å². The Kier molecular flexibility index (Phi) is 3.82. The SMILES string of the molecule is CCNC(c1ccco1)c1c(C)cc(C)cc1F. The van der Waals surface area contributed by atoms with Gasteiger partial charge in [0, 0.05) is 5.56 Å². The molecule has 0 aliphatic heterocycles. The molecule has 3 heteroatoms. The summed E-state index contributed by atoms with van der Waals surface area (Å²) >= 11 is 0. The number of halogens is 1. The minimum Gasteiger partial charge on any atom is -0.467 e. The third-order valence-corrected chi connectivity index (χ3v) is 3.01. The molecule has 0 saturated heterocycles. The highest BCUT2D eigenvalue weighted by molar-refractivity contribution is 5.37. The van der Waals surface area contributed by atoms with Crippen molar-refractivity contribution in [1.82, 2.24) is 5.32 Å². The molecule has 1 aromatic carbocycles. The molecule has 2 aromatic rings. The zero-order chi connectivity index (χ0) is 13.1. The Morgan fingerprint density at radius 3 is 2.67 bits per heavy atom. The van der Waals surface area contributed by atoms with Crippen LogP contribution >= 0.6 is 0 Å². The summed E-state index contributed by atoms with van der Waals surface area (Å²) in [5, 5.41) is 3.27. The lowest BCUT2D eigenvalue weighted by Crippen LogP contribution is -2.23. The summed E-state index contributed by atoms with van der Waals surface area (Å²) in [5.74, 6) is 0.553. The van der Waals surface area contributed by atoms with E-state index in [2.05, 4.69) is 5.32 Å². The van der Waals surface area contributed by atoms with Crippen molar-refractivity contribution in [1.29, 1.82) is 0 Å². The van der Waals surface area contributed by atoms with Crippen LogP contribution in [-0.2, 0) is 0 Å². The average Bonchev–Trinajstić information content (AvgIpc) is 2.79. The number of aryl methyl sites for hydroxylation is 2.